The summed E-state index contributed by atoms with van der Waals surface area (Å²) in [5, 5.41) is 3.68. The molecule has 3 rings (SSSR count). The van der Waals surface area contributed by atoms with E-state index in [0.29, 0.717) is 33.7 Å². The molecule has 29 heavy (non-hydrogen) atoms. The standard InChI is InChI=1S/C23H21Cl2NO3/c1-3-28-22-11-8-16(23(27)26-20-10-9-18(24)13-19(20)25)12-17(22)14-29-21-7-5-4-6-15(21)2/h4-13H,3,14H2,1-2H3,(H,26,27). The fraction of sp³-hybridized carbons (Fsp3) is 0.174. The predicted octanol–water partition coefficient (Wildman–Crippen LogP) is 6.53. The summed E-state index contributed by atoms with van der Waals surface area (Å²) in [6.45, 7) is 4.69. The minimum atomic E-state index is -0.283. The molecule has 0 radical (unpaired) electrons. The van der Waals surface area contributed by atoms with Gasteiger partial charge in [0.1, 0.15) is 18.1 Å². The molecular weight excluding hydrogens is 409 g/mol. The zero-order valence-corrected chi connectivity index (χ0v) is 17.7. The third kappa shape index (κ3) is 5.43. The molecule has 4 nitrogen and oxygen atoms in total. The molecular formula is C23H21Cl2NO3. The van der Waals surface area contributed by atoms with Crippen molar-refractivity contribution in [3.05, 3.63) is 87.4 Å². The lowest BCUT2D eigenvalue weighted by molar-refractivity contribution is 0.102. The summed E-state index contributed by atoms with van der Waals surface area (Å²) in [5.41, 5.74) is 2.79. The Hall–Kier alpha value is -2.69. The quantitative estimate of drug-likeness (QED) is 0.464. The molecule has 0 aliphatic rings. The van der Waals surface area contributed by atoms with Crippen LogP contribution in [-0.2, 0) is 6.61 Å². The monoisotopic (exact) mass is 429 g/mol. The molecule has 0 atom stereocenters. The summed E-state index contributed by atoms with van der Waals surface area (Å²) < 4.78 is 11.6. The van der Waals surface area contributed by atoms with Crippen LogP contribution in [0.2, 0.25) is 10.0 Å². The minimum Gasteiger partial charge on any atom is -0.493 e. The van der Waals surface area contributed by atoms with Gasteiger partial charge in [0.25, 0.3) is 5.91 Å². The minimum absolute atomic E-state index is 0.281. The lowest BCUT2D eigenvalue weighted by Gasteiger charge is -2.14. The second kappa shape index (κ2) is 9.68. The van der Waals surface area contributed by atoms with Crippen molar-refractivity contribution in [1.82, 2.24) is 0 Å². The van der Waals surface area contributed by atoms with Crippen molar-refractivity contribution >= 4 is 34.8 Å². The lowest BCUT2D eigenvalue weighted by Crippen LogP contribution is -2.13. The van der Waals surface area contributed by atoms with Crippen LogP contribution in [0.25, 0.3) is 0 Å². The zero-order valence-electron chi connectivity index (χ0n) is 16.2. The Labute approximate surface area is 180 Å². The van der Waals surface area contributed by atoms with Crippen LogP contribution in [0.1, 0.15) is 28.4 Å². The number of halogens is 2. The van der Waals surface area contributed by atoms with E-state index in [4.69, 9.17) is 32.7 Å². The van der Waals surface area contributed by atoms with Gasteiger partial charge < -0.3 is 14.8 Å². The van der Waals surface area contributed by atoms with Crippen molar-refractivity contribution in [2.75, 3.05) is 11.9 Å². The van der Waals surface area contributed by atoms with E-state index >= 15 is 0 Å². The Morgan fingerprint density at radius 2 is 1.76 bits per heavy atom. The third-order valence-corrected chi connectivity index (χ3v) is 4.83. The van der Waals surface area contributed by atoms with Gasteiger partial charge in [0, 0.05) is 16.1 Å². The normalized spacial score (nSPS) is 10.5. The maximum atomic E-state index is 12.7. The van der Waals surface area contributed by atoms with Gasteiger partial charge in [-0.15, -0.1) is 0 Å². The summed E-state index contributed by atoms with van der Waals surface area (Å²) in [4.78, 5) is 12.7. The van der Waals surface area contributed by atoms with Gasteiger partial charge in [-0.3, -0.25) is 4.79 Å². The molecule has 6 heteroatoms. The Bertz CT molecular complexity index is 1020. The first-order chi connectivity index (χ1) is 14.0. The van der Waals surface area contributed by atoms with Crippen LogP contribution in [0.4, 0.5) is 5.69 Å². The number of rotatable bonds is 7. The number of para-hydroxylation sites is 1. The van der Waals surface area contributed by atoms with Crippen LogP contribution < -0.4 is 14.8 Å². The molecule has 1 amide bonds. The van der Waals surface area contributed by atoms with Crippen molar-refractivity contribution < 1.29 is 14.3 Å². The fourth-order valence-corrected chi connectivity index (χ4v) is 3.24. The summed E-state index contributed by atoms with van der Waals surface area (Å²) in [5.74, 6) is 1.19. The van der Waals surface area contributed by atoms with E-state index in [1.54, 1.807) is 36.4 Å². The Balaban J connectivity index is 1.81. The second-order valence-electron chi connectivity index (χ2n) is 6.39. The molecule has 0 unspecified atom stereocenters. The SMILES string of the molecule is CCOc1ccc(C(=O)Nc2ccc(Cl)cc2Cl)cc1COc1ccccc1C. The lowest BCUT2D eigenvalue weighted by atomic mass is 10.1. The summed E-state index contributed by atoms with van der Waals surface area (Å²) in [6, 6.07) is 17.9. The van der Waals surface area contributed by atoms with E-state index in [-0.39, 0.29) is 12.5 Å². The molecule has 3 aromatic carbocycles. The number of hydrogen-bond donors (Lipinski definition) is 1. The molecule has 0 heterocycles. The second-order valence-corrected chi connectivity index (χ2v) is 7.23. The van der Waals surface area contributed by atoms with Crippen LogP contribution in [-0.4, -0.2) is 12.5 Å². The van der Waals surface area contributed by atoms with Gasteiger partial charge in [-0.05, 0) is 61.9 Å². The van der Waals surface area contributed by atoms with Gasteiger partial charge in [0.05, 0.1) is 17.3 Å². The van der Waals surface area contributed by atoms with E-state index in [1.807, 2.05) is 38.1 Å². The average molecular weight is 430 g/mol. The zero-order chi connectivity index (χ0) is 20.8. The first kappa shape index (κ1) is 21.0. The molecule has 0 aromatic heterocycles. The number of nitrogens with one attached hydrogen (secondary N) is 1. The molecule has 0 saturated heterocycles. The smallest absolute Gasteiger partial charge is 0.255 e. The maximum Gasteiger partial charge on any atom is 0.255 e. The molecule has 0 aliphatic heterocycles. The molecule has 0 aliphatic carbocycles. The predicted molar refractivity (Wildman–Crippen MR) is 118 cm³/mol. The molecule has 3 aromatic rings. The van der Waals surface area contributed by atoms with E-state index < -0.39 is 0 Å². The van der Waals surface area contributed by atoms with E-state index in [0.717, 1.165) is 16.9 Å². The van der Waals surface area contributed by atoms with Gasteiger partial charge in [0.2, 0.25) is 0 Å². The van der Waals surface area contributed by atoms with Crippen molar-refractivity contribution in [3.8, 4) is 11.5 Å². The van der Waals surface area contributed by atoms with E-state index in [2.05, 4.69) is 5.32 Å². The number of hydrogen-bond acceptors (Lipinski definition) is 3. The Morgan fingerprint density at radius 1 is 0.966 bits per heavy atom. The van der Waals surface area contributed by atoms with Crippen molar-refractivity contribution in [2.24, 2.45) is 0 Å². The third-order valence-electron chi connectivity index (χ3n) is 4.28. The van der Waals surface area contributed by atoms with E-state index in [1.165, 1.54) is 0 Å². The number of aryl methyl sites for hydroxylation is 1. The van der Waals surface area contributed by atoms with Gasteiger partial charge in [-0.2, -0.15) is 0 Å². The van der Waals surface area contributed by atoms with Crippen LogP contribution in [0, 0.1) is 6.92 Å². The van der Waals surface area contributed by atoms with E-state index in [9.17, 15) is 4.79 Å². The number of carbonyl (C=O) groups is 1. The topological polar surface area (TPSA) is 47.6 Å². The molecule has 0 bridgehead atoms. The van der Waals surface area contributed by atoms with Crippen LogP contribution >= 0.6 is 23.2 Å². The maximum absolute atomic E-state index is 12.7. The molecule has 0 saturated carbocycles. The Kier molecular flexibility index (Phi) is 7.02. The first-order valence-electron chi connectivity index (χ1n) is 9.18. The van der Waals surface area contributed by atoms with Gasteiger partial charge in [-0.25, -0.2) is 0 Å². The highest BCUT2D eigenvalue weighted by molar-refractivity contribution is 6.36. The van der Waals surface area contributed by atoms with Crippen LogP contribution in [0.15, 0.2) is 60.7 Å². The molecule has 0 spiro atoms. The number of anilines is 1. The average Bonchev–Trinajstić information content (AvgIpc) is 2.70. The highest BCUT2D eigenvalue weighted by atomic mass is 35.5. The highest BCUT2D eigenvalue weighted by Crippen LogP contribution is 2.27. The molecule has 1 N–H and O–H groups in total. The van der Waals surface area contributed by atoms with Crippen molar-refractivity contribution in [1.29, 1.82) is 0 Å². The summed E-state index contributed by atoms with van der Waals surface area (Å²) in [6.07, 6.45) is 0. The Morgan fingerprint density at radius 3 is 2.48 bits per heavy atom. The summed E-state index contributed by atoms with van der Waals surface area (Å²) in [7, 11) is 0. The highest BCUT2D eigenvalue weighted by Gasteiger charge is 2.13. The number of ether oxygens (including phenoxy) is 2. The van der Waals surface area contributed by atoms with Gasteiger partial charge in [0.15, 0.2) is 0 Å². The molecule has 0 fully saturated rings. The summed E-state index contributed by atoms with van der Waals surface area (Å²) >= 11 is 12.1. The van der Waals surface area contributed by atoms with Crippen molar-refractivity contribution in [2.45, 2.75) is 20.5 Å². The first-order valence-corrected chi connectivity index (χ1v) is 9.94. The number of carbonyl (C=O) groups excluding carboxylic acids is 1. The van der Waals surface area contributed by atoms with Crippen LogP contribution in [0.5, 0.6) is 11.5 Å². The fourth-order valence-electron chi connectivity index (χ4n) is 2.79. The van der Waals surface area contributed by atoms with Gasteiger partial charge >= 0.3 is 0 Å². The number of amides is 1. The number of benzene rings is 3. The van der Waals surface area contributed by atoms with Crippen molar-refractivity contribution in [3.63, 3.8) is 0 Å². The largest absolute Gasteiger partial charge is 0.493 e. The van der Waals surface area contributed by atoms with Gasteiger partial charge in [-0.1, -0.05) is 41.4 Å². The molecule has 150 valence electrons. The van der Waals surface area contributed by atoms with Crippen LogP contribution in [0.3, 0.4) is 0 Å².